The number of aliphatic hydroxyl groups is 1. The Balaban J connectivity index is 2.84. The summed E-state index contributed by atoms with van der Waals surface area (Å²) in [6.07, 6.45) is 1.75. The van der Waals surface area contributed by atoms with Crippen molar-refractivity contribution in [1.82, 2.24) is 5.32 Å². The Morgan fingerprint density at radius 1 is 1.35 bits per heavy atom. The molecule has 20 heavy (non-hydrogen) atoms. The second-order valence-corrected chi connectivity index (χ2v) is 5.13. The number of nitrogens with zero attached hydrogens (tertiary/aromatic N) is 1. The number of hydrogen-bond acceptors (Lipinski definition) is 4. The van der Waals surface area contributed by atoms with E-state index < -0.39 is 0 Å². The maximum atomic E-state index is 9.55. The van der Waals surface area contributed by atoms with Crippen LogP contribution < -0.4 is 11.1 Å². The predicted octanol–water partition coefficient (Wildman–Crippen LogP) is 1.73. The normalized spacial score (nSPS) is 12.7. The van der Waals surface area contributed by atoms with Crippen molar-refractivity contribution in [3.05, 3.63) is 34.9 Å². The van der Waals surface area contributed by atoms with E-state index in [1.54, 1.807) is 0 Å². The van der Waals surface area contributed by atoms with Crippen molar-refractivity contribution in [2.24, 2.45) is 10.9 Å². The van der Waals surface area contributed by atoms with Crippen LogP contribution >= 0.6 is 0 Å². The number of oxime groups is 1. The Kier molecular flexibility index (Phi) is 5.98. The Morgan fingerprint density at radius 2 is 2.00 bits per heavy atom. The van der Waals surface area contributed by atoms with Crippen LogP contribution in [0.3, 0.4) is 0 Å². The fraction of sp³-hybridized carbons (Fsp3) is 0.533. The minimum atomic E-state index is -0.225. The largest absolute Gasteiger partial charge is 0.409 e. The highest BCUT2D eigenvalue weighted by molar-refractivity contribution is 5.97. The number of hydrogen-bond donors (Lipinski definition) is 4. The zero-order chi connectivity index (χ0) is 15.2. The average Bonchev–Trinajstić information content (AvgIpc) is 2.49. The lowest BCUT2D eigenvalue weighted by Crippen LogP contribution is -2.47. The van der Waals surface area contributed by atoms with Crippen molar-refractivity contribution in [2.75, 3.05) is 6.61 Å². The first-order valence-electron chi connectivity index (χ1n) is 6.95. The number of nitrogens with one attached hydrogen (secondary N) is 1. The maximum Gasteiger partial charge on any atom is 0.170 e. The molecule has 0 saturated carbocycles. The first-order valence-corrected chi connectivity index (χ1v) is 6.95. The van der Waals surface area contributed by atoms with Crippen LogP contribution in [0.4, 0.5) is 0 Å². The fourth-order valence-electron chi connectivity index (χ4n) is 2.17. The van der Waals surface area contributed by atoms with Crippen LogP contribution in [0.2, 0.25) is 0 Å². The highest BCUT2D eigenvalue weighted by Gasteiger charge is 2.24. The van der Waals surface area contributed by atoms with Crippen LogP contribution in [0.5, 0.6) is 0 Å². The first kappa shape index (κ1) is 16.5. The van der Waals surface area contributed by atoms with Crippen molar-refractivity contribution in [3.8, 4) is 0 Å². The summed E-state index contributed by atoms with van der Waals surface area (Å²) < 4.78 is 0. The van der Waals surface area contributed by atoms with E-state index in [1.807, 2.05) is 25.1 Å². The van der Waals surface area contributed by atoms with Gasteiger partial charge in [0.15, 0.2) is 5.84 Å². The van der Waals surface area contributed by atoms with Gasteiger partial charge in [0.2, 0.25) is 0 Å². The molecule has 0 fully saturated rings. The number of rotatable bonds is 7. The van der Waals surface area contributed by atoms with Gasteiger partial charge < -0.3 is 21.4 Å². The predicted molar refractivity (Wildman–Crippen MR) is 80.9 cm³/mol. The number of benzene rings is 1. The molecule has 0 amide bonds. The molecule has 0 radical (unpaired) electrons. The molecule has 0 aliphatic rings. The molecule has 0 aromatic heterocycles. The molecule has 112 valence electrons. The Bertz CT molecular complexity index is 460. The average molecular weight is 279 g/mol. The molecule has 1 aromatic carbocycles. The fourth-order valence-corrected chi connectivity index (χ4v) is 2.17. The van der Waals surface area contributed by atoms with Gasteiger partial charge in [-0.2, -0.15) is 0 Å². The summed E-state index contributed by atoms with van der Waals surface area (Å²) in [6.45, 7) is 6.94. The molecule has 5 heteroatoms. The topological polar surface area (TPSA) is 90.9 Å². The minimum Gasteiger partial charge on any atom is -0.409 e. The van der Waals surface area contributed by atoms with Crippen LogP contribution in [0.25, 0.3) is 0 Å². The highest BCUT2D eigenvalue weighted by atomic mass is 16.4. The summed E-state index contributed by atoms with van der Waals surface area (Å²) in [5.41, 5.74) is 8.26. The molecule has 0 saturated heterocycles. The van der Waals surface area contributed by atoms with Gasteiger partial charge in [-0.05, 0) is 37.0 Å². The van der Waals surface area contributed by atoms with Crippen LogP contribution in [-0.2, 0) is 6.54 Å². The molecule has 5 nitrogen and oxygen atoms in total. The summed E-state index contributed by atoms with van der Waals surface area (Å²) >= 11 is 0. The van der Waals surface area contributed by atoms with Gasteiger partial charge in [-0.1, -0.05) is 31.1 Å². The van der Waals surface area contributed by atoms with Gasteiger partial charge in [0.05, 0.1) is 6.61 Å². The quantitative estimate of drug-likeness (QED) is 0.265. The molecular weight excluding hydrogens is 254 g/mol. The van der Waals surface area contributed by atoms with E-state index in [0.29, 0.717) is 12.1 Å². The van der Waals surface area contributed by atoms with Gasteiger partial charge >= 0.3 is 0 Å². The lowest BCUT2D eigenvalue weighted by Gasteiger charge is -2.31. The molecule has 0 heterocycles. The second kappa shape index (κ2) is 7.26. The van der Waals surface area contributed by atoms with Crippen LogP contribution in [0.15, 0.2) is 23.4 Å². The van der Waals surface area contributed by atoms with Crippen LogP contribution in [0.1, 0.15) is 43.4 Å². The summed E-state index contributed by atoms with van der Waals surface area (Å²) in [5.74, 6) is 0.111. The zero-order valence-corrected chi connectivity index (χ0v) is 12.5. The van der Waals surface area contributed by atoms with Gasteiger partial charge in [0.1, 0.15) is 0 Å². The third kappa shape index (κ3) is 3.71. The van der Waals surface area contributed by atoms with Crippen molar-refractivity contribution < 1.29 is 10.3 Å². The number of nitrogens with two attached hydrogens (primary N) is 1. The van der Waals surface area contributed by atoms with Crippen LogP contribution in [0, 0.1) is 6.92 Å². The van der Waals surface area contributed by atoms with Gasteiger partial charge in [0, 0.05) is 17.6 Å². The molecule has 0 aliphatic carbocycles. The molecule has 0 bridgehead atoms. The van der Waals surface area contributed by atoms with Crippen molar-refractivity contribution in [2.45, 2.75) is 45.7 Å². The van der Waals surface area contributed by atoms with E-state index in [-0.39, 0.29) is 18.0 Å². The second-order valence-electron chi connectivity index (χ2n) is 5.13. The molecule has 1 rings (SSSR count). The van der Waals surface area contributed by atoms with E-state index in [4.69, 9.17) is 10.9 Å². The minimum absolute atomic E-state index is 0.111. The van der Waals surface area contributed by atoms with E-state index >= 15 is 0 Å². The SMILES string of the molecule is CCC(CC)(CO)NCc1ccc(/C(N)=N/O)cc1C. The van der Waals surface area contributed by atoms with Gasteiger partial charge in [-0.3, -0.25) is 0 Å². The van der Waals surface area contributed by atoms with E-state index in [2.05, 4.69) is 24.3 Å². The molecule has 0 unspecified atom stereocenters. The molecule has 0 aliphatic heterocycles. The zero-order valence-electron chi connectivity index (χ0n) is 12.5. The summed E-state index contributed by atoms with van der Waals surface area (Å²) in [7, 11) is 0. The Labute approximate surface area is 120 Å². The molecule has 5 N–H and O–H groups in total. The lowest BCUT2D eigenvalue weighted by atomic mass is 9.93. The first-order chi connectivity index (χ1) is 9.51. The summed E-state index contributed by atoms with van der Waals surface area (Å²) in [6, 6.07) is 5.69. The standard InChI is InChI=1S/C15H25N3O2/c1-4-15(5-2,10-19)17-9-13-7-6-12(8-11(13)3)14(16)18-20/h6-8,17,19-20H,4-5,9-10H2,1-3H3,(H2,16,18). The van der Waals surface area contributed by atoms with Gasteiger partial charge in [0.25, 0.3) is 0 Å². The van der Waals surface area contributed by atoms with E-state index in [0.717, 1.165) is 24.0 Å². The third-order valence-corrected chi connectivity index (χ3v) is 4.06. The summed E-state index contributed by atoms with van der Waals surface area (Å²) in [5, 5.41) is 24.7. The molecular formula is C15H25N3O2. The molecule has 1 aromatic rings. The monoisotopic (exact) mass is 279 g/mol. The van der Waals surface area contributed by atoms with Gasteiger partial charge in [-0.15, -0.1) is 0 Å². The van der Waals surface area contributed by atoms with Crippen molar-refractivity contribution >= 4 is 5.84 Å². The third-order valence-electron chi connectivity index (χ3n) is 4.06. The number of amidine groups is 1. The number of aliphatic hydroxyl groups excluding tert-OH is 1. The van der Waals surface area contributed by atoms with Gasteiger partial charge in [-0.25, -0.2) is 0 Å². The van der Waals surface area contributed by atoms with E-state index in [9.17, 15) is 5.11 Å². The Morgan fingerprint density at radius 3 is 2.45 bits per heavy atom. The highest BCUT2D eigenvalue weighted by Crippen LogP contribution is 2.17. The smallest absolute Gasteiger partial charge is 0.170 e. The Hall–Kier alpha value is -1.59. The van der Waals surface area contributed by atoms with Crippen molar-refractivity contribution in [3.63, 3.8) is 0 Å². The maximum absolute atomic E-state index is 9.55. The lowest BCUT2D eigenvalue weighted by molar-refractivity contribution is 0.149. The number of aryl methyl sites for hydroxylation is 1. The summed E-state index contributed by atoms with van der Waals surface area (Å²) in [4.78, 5) is 0. The van der Waals surface area contributed by atoms with E-state index in [1.165, 1.54) is 0 Å². The molecule has 0 atom stereocenters. The van der Waals surface area contributed by atoms with Crippen LogP contribution in [-0.4, -0.2) is 28.3 Å². The molecule has 0 spiro atoms. The van der Waals surface area contributed by atoms with Crippen molar-refractivity contribution in [1.29, 1.82) is 0 Å².